The summed E-state index contributed by atoms with van der Waals surface area (Å²) in [5, 5.41) is 2.91. The van der Waals surface area contributed by atoms with E-state index >= 15 is 0 Å². The quantitative estimate of drug-likeness (QED) is 0.606. The fraction of sp³-hybridized carbons (Fsp3) is 0.474. The summed E-state index contributed by atoms with van der Waals surface area (Å²) in [5.41, 5.74) is 0.762. The lowest BCUT2D eigenvalue weighted by atomic mass is 10.2. The largest absolute Gasteiger partial charge is 0.493 e. The zero-order valence-electron chi connectivity index (χ0n) is 14.9. The molecule has 1 aromatic carbocycles. The molecular formula is C19H25NO5. The van der Waals surface area contributed by atoms with Gasteiger partial charge in [0.2, 0.25) is 0 Å². The lowest BCUT2D eigenvalue weighted by molar-refractivity contribution is -0.150. The van der Waals surface area contributed by atoms with Crippen molar-refractivity contribution >= 4 is 18.0 Å². The molecule has 1 aromatic rings. The Balaban J connectivity index is 1.88. The number of hydrogen-bond donors (Lipinski definition) is 1. The number of methoxy groups -OCH3 is 2. The van der Waals surface area contributed by atoms with Crippen LogP contribution in [0.25, 0.3) is 6.08 Å². The molecule has 0 aromatic heterocycles. The predicted molar refractivity (Wildman–Crippen MR) is 94.5 cm³/mol. The number of ether oxygens (including phenoxy) is 3. The summed E-state index contributed by atoms with van der Waals surface area (Å²) in [7, 11) is 3.10. The van der Waals surface area contributed by atoms with E-state index in [-0.39, 0.29) is 11.9 Å². The molecule has 2 rings (SSSR count). The van der Waals surface area contributed by atoms with Gasteiger partial charge in [-0.1, -0.05) is 18.9 Å². The second-order valence-electron chi connectivity index (χ2n) is 6.02. The molecule has 1 N–H and O–H groups in total. The Hall–Kier alpha value is -2.50. The van der Waals surface area contributed by atoms with Crippen molar-refractivity contribution in [2.24, 2.45) is 0 Å². The highest BCUT2D eigenvalue weighted by Gasteiger charge is 2.22. The van der Waals surface area contributed by atoms with Gasteiger partial charge in [0, 0.05) is 12.1 Å². The summed E-state index contributed by atoms with van der Waals surface area (Å²) in [6.07, 6.45) is 6.33. The van der Waals surface area contributed by atoms with Crippen molar-refractivity contribution in [1.29, 1.82) is 0 Å². The molecule has 0 radical (unpaired) electrons. The van der Waals surface area contributed by atoms with Crippen molar-refractivity contribution in [2.75, 3.05) is 14.2 Å². The maximum absolute atomic E-state index is 12.0. The first-order chi connectivity index (χ1) is 12.0. The summed E-state index contributed by atoms with van der Waals surface area (Å²) < 4.78 is 15.5. The van der Waals surface area contributed by atoms with Gasteiger partial charge in [0.15, 0.2) is 17.6 Å². The summed E-state index contributed by atoms with van der Waals surface area (Å²) in [6, 6.07) is 5.50. The van der Waals surface area contributed by atoms with Crippen LogP contribution in [-0.4, -0.2) is 38.2 Å². The highest BCUT2D eigenvalue weighted by molar-refractivity contribution is 5.90. The number of benzene rings is 1. The van der Waals surface area contributed by atoms with Gasteiger partial charge in [-0.3, -0.25) is 4.79 Å². The predicted octanol–water partition coefficient (Wildman–Crippen LogP) is 2.71. The second-order valence-corrected chi connectivity index (χ2v) is 6.02. The van der Waals surface area contributed by atoms with Crippen LogP contribution in [0.3, 0.4) is 0 Å². The van der Waals surface area contributed by atoms with Crippen LogP contribution in [0.4, 0.5) is 0 Å². The maximum Gasteiger partial charge on any atom is 0.331 e. The summed E-state index contributed by atoms with van der Waals surface area (Å²) in [6.45, 7) is 1.58. The molecule has 0 spiro atoms. The van der Waals surface area contributed by atoms with Gasteiger partial charge in [-0.2, -0.15) is 0 Å². The van der Waals surface area contributed by atoms with Crippen LogP contribution in [-0.2, 0) is 14.3 Å². The minimum Gasteiger partial charge on any atom is -0.493 e. The third-order valence-electron chi connectivity index (χ3n) is 4.18. The minimum absolute atomic E-state index is 0.205. The standard InChI is InChI=1S/C19H25NO5/c1-13(19(22)20-15-6-4-5-7-15)25-18(21)11-9-14-8-10-16(23-2)17(12-14)24-3/h8-13,15H,4-7H2,1-3H3,(H,20,22)/b11-9+/t13-/m0/s1. The lowest BCUT2D eigenvalue weighted by Crippen LogP contribution is -2.40. The van der Waals surface area contributed by atoms with E-state index in [1.165, 1.54) is 6.08 Å². The second kappa shape index (κ2) is 9.11. The van der Waals surface area contributed by atoms with E-state index in [2.05, 4.69) is 5.32 Å². The Bertz CT molecular complexity index is 635. The van der Waals surface area contributed by atoms with Crippen LogP contribution < -0.4 is 14.8 Å². The first kappa shape index (κ1) is 18.8. The Morgan fingerprint density at radius 1 is 1.16 bits per heavy atom. The Morgan fingerprint density at radius 2 is 1.84 bits per heavy atom. The van der Waals surface area contributed by atoms with E-state index < -0.39 is 12.1 Å². The van der Waals surface area contributed by atoms with Crippen molar-refractivity contribution < 1.29 is 23.8 Å². The third kappa shape index (κ3) is 5.52. The van der Waals surface area contributed by atoms with Gasteiger partial charge in [-0.25, -0.2) is 4.79 Å². The van der Waals surface area contributed by atoms with E-state index in [9.17, 15) is 9.59 Å². The molecule has 0 saturated heterocycles. The van der Waals surface area contributed by atoms with Gasteiger partial charge < -0.3 is 19.5 Å². The average Bonchev–Trinajstić information content (AvgIpc) is 3.12. The number of amides is 1. The van der Waals surface area contributed by atoms with Crippen molar-refractivity contribution in [1.82, 2.24) is 5.32 Å². The van der Waals surface area contributed by atoms with Crippen molar-refractivity contribution in [2.45, 2.75) is 44.8 Å². The van der Waals surface area contributed by atoms with E-state index in [4.69, 9.17) is 14.2 Å². The first-order valence-electron chi connectivity index (χ1n) is 8.44. The molecule has 1 saturated carbocycles. The van der Waals surface area contributed by atoms with Crippen LogP contribution in [0.1, 0.15) is 38.2 Å². The summed E-state index contributed by atoms with van der Waals surface area (Å²) in [5.74, 6) is 0.366. The van der Waals surface area contributed by atoms with Gasteiger partial charge >= 0.3 is 5.97 Å². The highest BCUT2D eigenvalue weighted by atomic mass is 16.5. The van der Waals surface area contributed by atoms with Crippen molar-refractivity contribution in [3.8, 4) is 11.5 Å². The number of carbonyl (C=O) groups is 2. The van der Waals surface area contributed by atoms with E-state index in [0.29, 0.717) is 11.5 Å². The van der Waals surface area contributed by atoms with Gasteiger partial charge in [0.1, 0.15) is 0 Å². The topological polar surface area (TPSA) is 73.9 Å². The highest BCUT2D eigenvalue weighted by Crippen LogP contribution is 2.28. The lowest BCUT2D eigenvalue weighted by Gasteiger charge is -2.16. The molecule has 136 valence electrons. The van der Waals surface area contributed by atoms with E-state index in [1.807, 2.05) is 0 Å². The molecule has 0 heterocycles. The van der Waals surface area contributed by atoms with Gasteiger partial charge in [0.05, 0.1) is 14.2 Å². The maximum atomic E-state index is 12.0. The zero-order chi connectivity index (χ0) is 18.2. The van der Waals surface area contributed by atoms with E-state index in [1.54, 1.807) is 45.4 Å². The number of carbonyl (C=O) groups excluding carboxylic acids is 2. The molecule has 1 fully saturated rings. The fourth-order valence-electron chi connectivity index (χ4n) is 2.78. The molecule has 25 heavy (non-hydrogen) atoms. The number of hydrogen-bond acceptors (Lipinski definition) is 5. The third-order valence-corrected chi connectivity index (χ3v) is 4.18. The van der Waals surface area contributed by atoms with Crippen LogP contribution in [0.15, 0.2) is 24.3 Å². The fourth-order valence-corrected chi connectivity index (χ4v) is 2.78. The van der Waals surface area contributed by atoms with Gasteiger partial charge in [-0.15, -0.1) is 0 Å². The molecular weight excluding hydrogens is 322 g/mol. The van der Waals surface area contributed by atoms with Gasteiger partial charge in [0.25, 0.3) is 5.91 Å². The molecule has 1 amide bonds. The van der Waals surface area contributed by atoms with Crippen LogP contribution in [0.2, 0.25) is 0 Å². The summed E-state index contributed by atoms with van der Waals surface area (Å²) in [4.78, 5) is 23.9. The molecule has 0 unspecified atom stereocenters. The van der Waals surface area contributed by atoms with Crippen LogP contribution in [0.5, 0.6) is 11.5 Å². The van der Waals surface area contributed by atoms with E-state index in [0.717, 1.165) is 31.2 Å². The normalized spacial score (nSPS) is 15.8. The minimum atomic E-state index is -0.817. The van der Waals surface area contributed by atoms with Gasteiger partial charge in [-0.05, 0) is 43.5 Å². The Labute approximate surface area is 148 Å². The summed E-state index contributed by atoms with van der Waals surface area (Å²) >= 11 is 0. The van der Waals surface area contributed by atoms with Crippen LogP contribution in [0, 0.1) is 0 Å². The number of esters is 1. The smallest absolute Gasteiger partial charge is 0.331 e. The Morgan fingerprint density at radius 3 is 2.48 bits per heavy atom. The zero-order valence-corrected chi connectivity index (χ0v) is 14.9. The molecule has 0 aliphatic heterocycles. The number of nitrogens with one attached hydrogen (secondary N) is 1. The first-order valence-corrected chi connectivity index (χ1v) is 8.44. The molecule has 1 aliphatic carbocycles. The molecule has 0 bridgehead atoms. The molecule has 1 atom stereocenters. The molecule has 6 heteroatoms. The molecule has 6 nitrogen and oxygen atoms in total. The van der Waals surface area contributed by atoms with Crippen LogP contribution >= 0.6 is 0 Å². The molecule has 1 aliphatic rings. The van der Waals surface area contributed by atoms with Crippen molar-refractivity contribution in [3.05, 3.63) is 29.8 Å². The average molecular weight is 347 g/mol. The monoisotopic (exact) mass is 347 g/mol. The van der Waals surface area contributed by atoms with Crippen molar-refractivity contribution in [3.63, 3.8) is 0 Å². The Kier molecular flexibility index (Phi) is 6.86. The SMILES string of the molecule is COc1ccc(/C=C/C(=O)O[C@@H](C)C(=O)NC2CCCC2)cc1OC. The number of rotatable bonds is 7.